The normalized spacial score (nSPS) is 11.6. The van der Waals surface area contributed by atoms with Crippen molar-refractivity contribution in [3.63, 3.8) is 0 Å². The Morgan fingerprint density at radius 1 is 1.09 bits per heavy atom. The number of hydrogen-bond donors (Lipinski definition) is 1. The van der Waals surface area contributed by atoms with Gasteiger partial charge in [0.25, 0.3) is 0 Å². The van der Waals surface area contributed by atoms with Crippen LogP contribution in [0.4, 0.5) is 10.1 Å². The first-order valence-electron chi connectivity index (χ1n) is 6.65. The molecule has 2 aromatic rings. The molecule has 2 rings (SSSR count). The van der Waals surface area contributed by atoms with E-state index in [4.69, 9.17) is 23.2 Å². The number of halogens is 3. The Morgan fingerprint density at radius 3 is 2.23 bits per heavy atom. The third-order valence-corrected chi connectivity index (χ3v) is 3.44. The lowest BCUT2D eigenvalue weighted by atomic mass is 9.99. The summed E-state index contributed by atoms with van der Waals surface area (Å²) in [5, 5.41) is 2.75. The maximum Gasteiger partial charge on any atom is 0.231 e. The average molecular weight is 338 g/mol. The van der Waals surface area contributed by atoms with Gasteiger partial charge in [-0.3, -0.25) is 4.79 Å². The number of hydrogen-bond acceptors (Lipinski definition) is 1. The van der Waals surface area contributed by atoms with Crippen molar-refractivity contribution in [1.82, 2.24) is 0 Å². The van der Waals surface area contributed by atoms with Gasteiger partial charge in [-0.15, -0.1) is 0 Å². The van der Waals surface area contributed by atoms with Gasteiger partial charge < -0.3 is 5.32 Å². The molecule has 1 atom stereocenters. The van der Waals surface area contributed by atoms with E-state index in [-0.39, 0.29) is 22.1 Å². The molecule has 1 N–H and O–H groups in total. The highest BCUT2D eigenvalue weighted by atomic mass is 35.5. The van der Waals surface area contributed by atoms with Crippen LogP contribution in [-0.4, -0.2) is 5.91 Å². The molecule has 0 fully saturated rings. The molecule has 0 aliphatic heterocycles. The summed E-state index contributed by atoms with van der Waals surface area (Å²) in [5.41, 5.74) is 2.28. The lowest BCUT2D eigenvalue weighted by molar-refractivity contribution is -0.117. The summed E-state index contributed by atoms with van der Waals surface area (Å²) in [6.45, 7) is 1.80. The van der Waals surface area contributed by atoms with Crippen LogP contribution in [0.25, 0.3) is 6.08 Å². The predicted octanol–water partition coefficient (Wildman–Crippen LogP) is 5.34. The van der Waals surface area contributed by atoms with Gasteiger partial charge in [0.15, 0.2) is 0 Å². The minimum atomic E-state index is -0.340. The Labute approximate surface area is 138 Å². The van der Waals surface area contributed by atoms with E-state index in [1.54, 1.807) is 13.0 Å². The smallest absolute Gasteiger partial charge is 0.231 e. The number of carbonyl (C=O) groups is 1. The fourth-order valence-electron chi connectivity index (χ4n) is 1.94. The summed E-state index contributed by atoms with van der Waals surface area (Å²) in [5.74, 6) is -0.840. The molecular weight excluding hydrogens is 324 g/mol. The minimum Gasteiger partial charge on any atom is -0.326 e. The summed E-state index contributed by atoms with van der Waals surface area (Å²) < 4.78 is 13.0. The number of benzene rings is 2. The van der Waals surface area contributed by atoms with Gasteiger partial charge in [-0.1, -0.05) is 47.5 Å². The fourth-order valence-corrected chi connectivity index (χ4v) is 2.19. The highest BCUT2D eigenvalue weighted by Gasteiger charge is 2.15. The number of amides is 1. The van der Waals surface area contributed by atoms with Crippen LogP contribution in [0.5, 0.6) is 0 Å². The van der Waals surface area contributed by atoms with Gasteiger partial charge in [0.05, 0.1) is 5.92 Å². The van der Waals surface area contributed by atoms with Crippen LogP contribution in [-0.2, 0) is 4.79 Å². The predicted molar refractivity (Wildman–Crippen MR) is 89.6 cm³/mol. The maximum absolute atomic E-state index is 12.8. The van der Waals surface area contributed by atoms with E-state index >= 15 is 0 Å². The van der Waals surface area contributed by atoms with Crippen LogP contribution in [0.15, 0.2) is 53.0 Å². The molecule has 0 spiro atoms. The second-order valence-corrected chi connectivity index (χ2v) is 5.83. The summed E-state index contributed by atoms with van der Waals surface area (Å²) in [6, 6.07) is 13.0. The van der Waals surface area contributed by atoms with Gasteiger partial charge in [0.2, 0.25) is 5.91 Å². The molecule has 5 heteroatoms. The quantitative estimate of drug-likeness (QED) is 0.801. The monoisotopic (exact) mass is 337 g/mol. The maximum atomic E-state index is 12.8. The molecule has 0 saturated heterocycles. The molecule has 2 aromatic carbocycles. The number of anilines is 1. The third-order valence-electron chi connectivity index (χ3n) is 3.22. The fraction of sp³-hybridized carbons (Fsp3) is 0.118. The van der Waals surface area contributed by atoms with Crippen LogP contribution < -0.4 is 5.32 Å². The second-order valence-electron chi connectivity index (χ2n) is 4.82. The van der Waals surface area contributed by atoms with Crippen molar-refractivity contribution in [3.05, 3.63) is 70.0 Å². The van der Waals surface area contributed by atoms with Crippen LogP contribution >= 0.6 is 23.2 Å². The van der Waals surface area contributed by atoms with Crippen molar-refractivity contribution < 1.29 is 9.18 Å². The molecule has 1 amide bonds. The molecule has 0 heterocycles. The van der Waals surface area contributed by atoms with Gasteiger partial charge >= 0.3 is 0 Å². The van der Waals surface area contributed by atoms with Crippen molar-refractivity contribution in [2.45, 2.75) is 12.8 Å². The number of carbonyl (C=O) groups excluding carboxylic acids is 1. The van der Waals surface area contributed by atoms with E-state index in [0.29, 0.717) is 5.69 Å². The standard InChI is InChI=1S/C17H14Cl2FNO/c1-11(13-4-2-12(3-5-13)10-16(18)19)17(22)21-15-8-6-14(20)7-9-15/h2-11H,1H3,(H,21,22). The highest BCUT2D eigenvalue weighted by molar-refractivity contribution is 6.57. The summed E-state index contributed by atoms with van der Waals surface area (Å²) in [6.07, 6.45) is 1.62. The van der Waals surface area contributed by atoms with Gasteiger partial charge in [0, 0.05) is 5.69 Å². The van der Waals surface area contributed by atoms with Crippen molar-refractivity contribution in [1.29, 1.82) is 0 Å². The van der Waals surface area contributed by atoms with E-state index in [9.17, 15) is 9.18 Å². The first-order valence-corrected chi connectivity index (χ1v) is 7.40. The van der Waals surface area contributed by atoms with Gasteiger partial charge in [-0.2, -0.15) is 0 Å². The molecule has 2 nitrogen and oxygen atoms in total. The first kappa shape index (κ1) is 16.5. The third kappa shape index (κ3) is 4.58. The van der Waals surface area contributed by atoms with Crippen LogP contribution in [0.1, 0.15) is 24.0 Å². The van der Waals surface area contributed by atoms with Gasteiger partial charge in [0.1, 0.15) is 10.3 Å². The molecule has 1 unspecified atom stereocenters. The largest absolute Gasteiger partial charge is 0.326 e. The van der Waals surface area contributed by atoms with E-state index in [2.05, 4.69) is 5.32 Å². The van der Waals surface area contributed by atoms with E-state index in [0.717, 1.165) is 11.1 Å². The Hall–Kier alpha value is -1.84. The molecular formula is C17H14Cl2FNO. The van der Waals surface area contributed by atoms with Gasteiger partial charge in [-0.25, -0.2) is 4.39 Å². The molecule has 114 valence electrons. The van der Waals surface area contributed by atoms with Crippen LogP contribution in [0.2, 0.25) is 0 Å². The Balaban J connectivity index is 2.06. The number of rotatable bonds is 4. The minimum absolute atomic E-state index is 0.162. The second kappa shape index (κ2) is 7.43. The highest BCUT2D eigenvalue weighted by Crippen LogP contribution is 2.20. The topological polar surface area (TPSA) is 29.1 Å². The van der Waals surface area contributed by atoms with Crippen LogP contribution in [0, 0.1) is 5.82 Å². The van der Waals surface area contributed by atoms with E-state index in [1.165, 1.54) is 24.3 Å². The molecule has 0 aliphatic rings. The Bertz CT molecular complexity index is 677. The van der Waals surface area contributed by atoms with Crippen molar-refractivity contribution >= 4 is 40.9 Å². The first-order chi connectivity index (χ1) is 10.5. The molecule has 0 aliphatic carbocycles. The average Bonchev–Trinajstić information content (AvgIpc) is 2.49. The van der Waals surface area contributed by atoms with Gasteiger partial charge in [-0.05, 0) is 48.4 Å². The lowest BCUT2D eigenvalue weighted by Crippen LogP contribution is -2.18. The molecule has 22 heavy (non-hydrogen) atoms. The van der Waals surface area contributed by atoms with Crippen molar-refractivity contribution in [2.24, 2.45) is 0 Å². The SMILES string of the molecule is CC(C(=O)Nc1ccc(F)cc1)c1ccc(C=C(Cl)Cl)cc1. The summed E-state index contributed by atoms with van der Waals surface area (Å²) in [4.78, 5) is 12.2. The Morgan fingerprint density at radius 2 is 1.68 bits per heavy atom. The zero-order valence-corrected chi connectivity index (χ0v) is 13.3. The van der Waals surface area contributed by atoms with Crippen molar-refractivity contribution in [3.8, 4) is 0 Å². The van der Waals surface area contributed by atoms with Crippen LogP contribution in [0.3, 0.4) is 0 Å². The van der Waals surface area contributed by atoms with E-state index < -0.39 is 0 Å². The van der Waals surface area contributed by atoms with Crippen molar-refractivity contribution in [2.75, 3.05) is 5.32 Å². The molecule has 0 radical (unpaired) electrons. The lowest BCUT2D eigenvalue weighted by Gasteiger charge is -2.13. The summed E-state index contributed by atoms with van der Waals surface area (Å²) >= 11 is 11.2. The van der Waals surface area contributed by atoms with E-state index in [1.807, 2.05) is 24.3 Å². The molecule has 0 aromatic heterocycles. The summed E-state index contributed by atoms with van der Waals surface area (Å²) in [7, 11) is 0. The Kier molecular flexibility index (Phi) is 5.58. The molecule has 0 bridgehead atoms. The zero-order chi connectivity index (χ0) is 16.1. The zero-order valence-electron chi connectivity index (χ0n) is 11.8. The molecule has 0 saturated carbocycles. The number of nitrogens with one attached hydrogen (secondary N) is 1.